The first-order valence-corrected chi connectivity index (χ1v) is 5.77. The number of rotatable bonds is 3. The molecule has 1 aromatic heterocycles. The van der Waals surface area contributed by atoms with Crippen LogP contribution in [0.2, 0.25) is 0 Å². The van der Waals surface area contributed by atoms with E-state index in [0.717, 1.165) is 0 Å². The van der Waals surface area contributed by atoms with Crippen molar-refractivity contribution in [2.75, 3.05) is 5.32 Å². The van der Waals surface area contributed by atoms with Crippen LogP contribution in [-0.2, 0) is 7.05 Å². The van der Waals surface area contributed by atoms with E-state index in [0.29, 0.717) is 17.1 Å². The van der Waals surface area contributed by atoms with Crippen molar-refractivity contribution >= 4 is 17.6 Å². The third-order valence-corrected chi connectivity index (χ3v) is 2.72. The molecule has 1 amide bonds. The average Bonchev–Trinajstić information content (AvgIpc) is 2.68. The Morgan fingerprint density at radius 2 is 2.00 bits per heavy atom. The number of benzene rings is 1. The summed E-state index contributed by atoms with van der Waals surface area (Å²) >= 11 is 0. The lowest BCUT2D eigenvalue weighted by Gasteiger charge is -2.07. The van der Waals surface area contributed by atoms with Gasteiger partial charge >= 0.3 is 5.97 Å². The molecule has 7 nitrogen and oxygen atoms in total. The minimum Gasteiger partial charge on any atom is -0.507 e. The number of anilines is 1. The third-order valence-electron chi connectivity index (χ3n) is 2.72. The quantitative estimate of drug-likeness (QED) is 0.785. The summed E-state index contributed by atoms with van der Waals surface area (Å²) in [6.07, 6.45) is 0. The van der Waals surface area contributed by atoms with Crippen LogP contribution in [0.1, 0.15) is 26.5 Å². The highest BCUT2D eigenvalue weighted by Gasteiger charge is 2.14. The van der Waals surface area contributed by atoms with Gasteiger partial charge in [0.25, 0.3) is 5.91 Å². The first-order valence-electron chi connectivity index (χ1n) is 5.77. The zero-order valence-corrected chi connectivity index (χ0v) is 10.9. The van der Waals surface area contributed by atoms with E-state index in [-0.39, 0.29) is 5.56 Å². The fourth-order valence-electron chi connectivity index (χ4n) is 1.81. The smallest absolute Gasteiger partial charge is 0.339 e. The number of carbonyl (C=O) groups is 2. The van der Waals surface area contributed by atoms with Gasteiger partial charge in [0.2, 0.25) is 0 Å². The van der Waals surface area contributed by atoms with E-state index in [1.54, 1.807) is 20.0 Å². The highest BCUT2D eigenvalue weighted by atomic mass is 16.4. The van der Waals surface area contributed by atoms with Crippen LogP contribution < -0.4 is 5.32 Å². The van der Waals surface area contributed by atoms with Gasteiger partial charge in [-0.2, -0.15) is 5.10 Å². The van der Waals surface area contributed by atoms with Crippen LogP contribution >= 0.6 is 0 Å². The molecular weight excluding hydrogens is 262 g/mol. The Morgan fingerprint density at radius 1 is 1.30 bits per heavy atom. The van der Waals surface area contributed by atoms with Gasteiger partial charge in [0, 0.05) is 18.8 Å². The van der Waals surface area contributed by atoms with Gasteiger partial charge in [-0.05, 0) is 25.1 Å². The van der Waals surface area contributed by atoms with Gasteiger partial charge in [-0.15, -0.1) is 0 Å². The van der Waals surface area contributed by atoms with Crippen LogP contribution in [0, 0.1) is 6.92 Å². The summed E-state index contributed by atoms with van der Waals surface area (Å²) in [5.41, 5.74) is 1.15. The second-order valence-electron chi connectivity index (χ2n) is 4.29. The van der Waals surface area contributed by atoms with Crippen molar-refractivity contribution in [1.82, 2.24) is 9.78 Å². The molecule has 0 unspecified atom stereocenters. The molecule has 2 aromatic rings. The van der Waals surface area contributed by atoms with Crippen molar-refractivity contribution in [1.29, 1.82) is 0 Å². The van der Waals surface area contributed by atoms with E-state index in [4.69, 9.17) is 5.11 Å². The maximum Gasteiger partial charge on any atom is 0.339 e. The SMILES string of the molecule is Cc1cc(C(=O)Nc2ccc(C(=O)O)c(O)c2)n(C)n1. The normalized spacial score (nSPS) is 10.3. The van der Waals surface area contributed by atoms with Crippen molar-refractivity contribution in [2.45, 2.75) is 6.92 Å². The van der Waals surface area contributed by atoms with Crippen LogP contribution in [0.25, 0.3) is 0 Å². The third kappa shape index (κ3) is 2.61. The Morgan fingerprint density at radius 3 is 2.50 bits per heavy atom. The van der Waals surface area contributed by atoms with Crippen LogP contribution in [0.3, 0.4) is 0 Å². The van der Waals surface area contributed by atoms with Crippen LogP contribution in [-0.4, -0.2) is 31.9 Å². The zero-order chi connectivity index (χ0) is 14.9. The van der Waals surface area contributed by atoms with Crippen LogP contribution in [0.5, 0.6) is 5.75 Å². The van der Waals surface area contributed by atoms with E-state index in [9.17, 15) is 14.7 Å². The van der Waals surface area contributed by atoms with Gasteiger partial charge in [0.15, 0.2) is 0 Å². The Labute approximate surface area is 114 Å². The Bertz CT molecular complexity index is 691. The predicted molar refractivity (Wildman–Crippen MR) is 71.0 cm³/mol. The van der Waals surface area contributed by atoms with Gasteiger partial charge < -0.3 is 15.5 Å². The van der Waals surface area contributed by atoms with Gasteiger partial charge in [0.1, 0.15) is 17.0 Å². The highest BCUT2D eigenvalue weighted by molar-refractivity contribution is 6.03. The predicted octanol–water partition coefficient (Wildman–Crippen LogP) is 1.38. The van der Waals surface area contributed by atoms with Gasteiger partial charge in [-0.3, -0.25) is 9.48 Å². The number of amides is 1. The summed E-state index contributed by atoms with van der Waals surface area (Å²) in [6, 6.07) is 5.44. The summed E-state index contributed by atoms with van der Waals surface area (Å²) in [4.78, 5) is 22.8. The lowest BCUT2D eigenvalue weighted by atomic mass is 10.2. The molecule has 20 heavy (non-hydrogen) atoms. The number of hydrogen-bond acceptors (Lipinski definition) is 4. The Kier molecular flexibility index (Phi) is 3.43. The van der Waals surface area contributed by atoms with E-state index >= 15 is 0 Å². The lowest BCUT2D eigenvalue weighted by Crippen LogP contribution is -2.16. The Hall–Kier alpha value is -2.83. The number of carboxylic acid groups (broad SMARTS) is 1. The molecule has 0 aliphatic heterocycles. The van der Waals surface area contributed by atoms with Crippen molar-refractivity contribution in [3.05, 3.63) is 41.2 Å². The molecule has 0 fully saturated rings. The molecule has 7 heteroatoms. The van der Waals surface area contributed by atoms with Crippen molar-refractivity contribution < 1.29 is 19.8 Å². The molecule has 0 aliphatic rings. The van der Waals surface area contributed by atoms with E-state index in [1.807, 2.05) is 0 Å². The van der Waals surface area contributed by atoms with Gasteiger partial charge in [-0.1, -0.05) is 0 Å². The largest absolute Gasteiger partial charge is 0.507 e. The first-order chi connectivity index (χ1) is 9.38. The number of aryl methyl sites for hydroxylation is 2. The number of aromatic carboxylic acids is 1. The van der Waals surface area contributed by atoms with E-state index < -0.39 is 17.6 Å². The standard InChI is InChI=1S/C13H13N3O4/c1-7-5-10(16(2)15-7)12(18)14-8-3-4-9(13(19)20)11(17)6-8/h3-6,17H,1-2H3,(H,14,18)(H,19,20). The van der Waals surface area contributed by atoms with Crippen molar-refractivity contribution in [3.8, 4) is 5.75 Å². The monoisotopic (exact) mass is 275 g/mol. The number of hydrogen-bond donors (Lipinski definition) is 3. The molecule has 104 valence electrons. The number of phenols is 1. The molecule has 3 N–H and O–H groups in total. The minimum absolute atomic E-state index is 0.223. The molecule has 0 saturated heterocycles. The number of nitrogens with one attached hydrogen (secondary N) is 1. The number of carbonyl (C=O) groups excluding carboxylic acids is 1. The molecule has 0 radical (unpaired) electrons. The fourth-order valence-corrected chi connectivity index (χ4v) is 1.81. The second-order valence-corrected chi connectivity index (χ2v) is 4.29. The van der Waals surface area contributed by atoms with Crippen LogP contribution in [0.4, 0.5) is 5.69 Å². The summed E-state index contributed by atoms with van der Waals surface area (Å²) in [5.74, 6) is -2.03. The first kappa shape index (κ1) is 13.6. The van der Waals surface area contributed by atoms with E-state index in [1.165, 1.54) is 22.9 Å². The average molecular weight is 275 g/mol. The number of nitrogens with zero attached hydrogens (tertiary/aromatic N) is 2. The molecule has 0 aliphatic carbocycles. The molecule has 0 atom stereocenters. The van der Waals surface area contributed by atoms with Crippen molar-refractivity contribution in [3.63, 3.8) is 0 Å². The van der Waals surface area contributed by atoms with Gasteiger partial charge in [-0.25, -0.2) is 4.79 Å². The second kappa shape index (κ2) is 5.04. The van der Waals surface area contributed by atoms with Crippen LogP contribution in [0.15, 0.2) is 24.3 Å². The fraction of sp³-hybridized carbons (Fsp3) is 0.154. The lowest BCUT2D eigenvalue weighted by molar-refractivity contribution is 0.0693. The minimum atomic E-state index is -1.23. The topological polar surface area (TPSA) is 104 Å². The van der Waals surface area contributed by atoms with Crippen molar-refractivity contribution in [2.24, 2.45) is 7.05 Å². The summed E-state index contributed by atoms with van der Waals surface area (Å²) < 4.78 is 1.44. The van der Waals surface area contributed by atoms with E-state index in [2.05, 4.69) is 10.4 Å². The number of carboxylic acids is 1. The maximum atomic E-state index is 12.0. The van der Waals surface area contributed by atoms with Gasteiger partial charge in [0.05, 0.1) is 5.69 Å². The molecule has 2 rings (SSSR count). The molecular formula is C13H13N3O4. The summed E-state index contributed by atoms with van der Waals surface area (Å²) in [5, 5.41) is 25.0. The summed E-state index contributed by atoms with van der Waals surface area (Å²) in [7, 11) is 1.65. The maximum absolute atomic E-state index is 12.0. The summed E-state index contributed by atoms with van der Waals surface area (Å²) in [6.45, 7) is 1.77. The Balaban J connectivity index is 2.22. The molecule has 1 aromatic carbocycles. The molecule has 0 bridgehead atoms. The molecule has 0 spiro atoms. The highest BCUT2D eigenvalue weighted by Crippen LogP contribution is 2.22. The molecule has 0 saturated carbocycles. The molecule has 1 heterocycles. The number of aromatic nitrogens is 2. The number of aromatic hydroxyl groups is 1. The zero-order valence-electron chi connectivity index (χ0n) is 10.9.